The molecule has 19 heavy (non-hydrogen) atoms. The molecule has 1 heterocycles. The molecule has 0 spiro atoms. The molecule has 2 N–H and O–H groups in total. The number of carboxylic acids is 1. The van der Waals surface area contributed by atoms with Crippen LogP contribution in [0.4, 0.5) is 4.79 Å². The molecule has 0 saturated carbocycles. The van der Waals surface area contributed by atoms with Crippen molar-refractivity contribution in [2.24, 2.45) is 0 Å². The van der Waals surface area contributed by atoms with Gasteiger partial charge in [-0.3, -0.25) is 4.79 Å². The smallest absolute Gasteiger partial charge is 0.408 e. The first-order valence-corrected chi connectivity index (χ1v) is 6.81. The predicted octanol–water partition coefficient (Wildman–Crippen LogP) is 3.10. The van der Waals surface area contributed by atoms with E-state index in [2.05, 4.69) is 5.32 Å². The summed E-state index contributed by atoms with van der Waals surface area (Å²) in [5.74, 6) is -0.968. The van der Waals surface area contributed by atoms with Crippen molar-refractivity contribution in [3.05, 3.63) is 21.9 Å². The van der Waals surface area contributed by atoms with Crippen LogP contribution in [0.1, 0.15) is 43.7 Å². The van der Waals surface area contributed by atoms with E-state index < -0.39 is 23.7 Å². The number of aryl methyl sites for hydroxylation is 1. The maximum atomic E-state index is 11.7. The summed E-state index contributed by atoms with van der Waals surface area (Å²) >= 11 is 1.52. The van der Waals surface area contributed by atoms with Gasteiger partial charge in [-0.05, 0) is 44.7 Å². The zero-order chi connectivity index (χ0) is 14.6. The molecule has 0 aromatic carbocycles. The molecule has 0 aliphatic heterocycles. The Bertz CT molecular complexity index is 461. The lowest BCUT2D eigenvalue weighted by molar-refractivity contribution is -0.137. The van der Waals surface area contributed by atoms with Crippen LogP contribution in [0.25, 0.3) is 0 Å². The molecule has 0 bridgehead atoms. The fraction of sp³-hybridized carbons (Fsp3) is 0.538. The standard InChI is InChI=1S/C13H19NO4S/c1-8-5-9(7-19-8)10(6-11(15)16)14-12(17)18-13(2,3)4/h5,7,10H,6H2,1-4H3,(H,14,17)(H,15,16). The number of carbonyl (C=O) groups is 2. The molecule has 1 amide bonds. The number of amides is 1. The van der Waals surface area contributed by atoms with Gasteiger partial charge in [0.25, 0.3) is 0 Å². The normalized spacial score (nSPS) is 12.8. The molecule has 1 rings (SSSR count). The molecule has 5 nitrogen and oxygen atoms in total. The summed E-state index contributed by atoms with van der Waals surface area (Å²) < 4.78 is 5.14. The van der Waals surface area contributed by atoms with Crippen molar-refractivity contribution in [3.63, 3.8) is 0 Å². The van der Waals surface area contributed by atoms with Crippen molar-refractivity contribution in [1.29, 1.82) is 0 Å². The molecule has 0 radical (unpaired) electrons. The summed E-state index contributed by atoms with van der Waals surface area (Å²) in [6.07, 6.45) is -0.780. The molecule has 106 valence electrons. The number of carbonyl (C=O) groups excluding carboxylic acids is 1. The number of hydrogen-bond acceptors (Lipinski definition) is 4. The van der Waals surface area contributed by atoms with Crippen molar-refractivity contribution in [3.8, 4) is 0 Å². The van der Waals surface area contributed by atoms with Gasteiger partial charge < -0.3 is 15.2 Å². The number of rotatable bonds is 4. The summed E-state index contributed by atoms with van der Waals surface area (Å²) in [7, 11) is 0. The van der Waals surface area contributed by atoms with Crippen LogP contribution in [0, 0.1) is 6.92 Å². The monoisotopic (exact) mass is 285 g/mol. The van der Waals surface area contributed by atoms with E-state index in [0.717, 1.165) is 10.4 Å². The Balaban J connectivity index is 2.76. The van der Waals surface area contributed by atoms with E-state index in [1.807, 2.05) is 18.4 Å². The highest BCUT2D eigenvalue weighted by Gasteiger charge is 2.22. The van der Waals surface area contributed by atoms with Crippen molar-refractivity contribution in [2.45, 2.75) is 45.8 Å². The lowest BCUT2D eigenvalue weighted by Gasteiger charge is -2.22. The van der Waals surface area contributed by atoms with Gasteiger partial charge in [-0.25, -0.2) is 4.79 Å². The molecule has 0 aliphatic carbocycles. The summed E-state index contributed by atoms with van der Waals surface area (Å²) in [5, 5.41) is 13.4. The van der Waals surface area contributed by atoms with Gasteiger partial charge in [0.1, 0.15) is 5.60 Å². The van der Waals surface area contributed by atoms with Crippen LogP contribution in [0.15, 0.2) is 11.4 Å². The maximum Gasteiger partial charge on any atom is 0.408 e. The molecular weight excluding hydrogens is 266 g/mol. The minimum absolute atomic E-state index is 0.171. The van der Waals surface area contributed by atoms with Gasteiger partial charge in [0.15, 0.2) is 0 Å². The van der Waals surface area contributed by atoms with Crippen LogP contribution in [0.3, 0.4) is 0 Å². The zero-order valence-corrected chi connectivity index (χ0v) is 12.3. The van der Waals surface area contributed by atoms with Crippen LogP contribution in [-0.4, -0.2) is 22.8 Å². The van der Waals surface area contributed by atoms with Gasteiger partial charge in [-0.2, -0.15) is 0 Å². The number of nitrogens with one attached hydrogen (secondary N) is 1. The van der Waals surface area contributed by atoms with Crippen LogP contribution >= 0.6 is 11.3 Å². The summed E-state index contributed by atoms with van der Waals surface area (Å²) in [6.45, 7) is 7.20. The number of aliphatic carboxylic acids is 1. The van der Waals surface area contributed by atoms with Gasteiger partial charge in [-0.15, -0.1) is 11.3 Å². The van der Waals surface area contributed by atoms with E-state index >= 15 is 0 Å². The minimum Gasteiger partial charge on any atom is -0.481 e. The largest absolute Gasteiger partial charge is 0.481 e. The van der Waals surface area contributed by atoms with Crippen molar-refractivity contribution in [2.75, 3.05) is 0 Å². The van der Waals surface area contributed by atoms with E-state index in [1.54, 1.807) is 20.8 Å². The molecule has 1 atom stereocenters. The Kier molecular flexibility index (Phi) is 4.94. The quantitative estimate of drug-likeness (QED) is 0.891. The Morgan fingerprint density at radius 2 is 2.11 bits per heavy atom. The average Bonchev–Trinajstić information content (AvgIpc) is 2.60. The fourth-order valence-electron chi connectivity index (χ4n) is 1.52. The van der Waals surface area contributed by atoms with Gasteiger partial charge in [-0.1, -0.05) is 0 Å². The Morgan fingerprint density at radius 1 is 1.47 bits per heavy atom. The van der Waals surface area contributed by atoms with Gasteiger partial charge >= 0.3 is 12.1 Å². The molecule has 6 heteroatoms. The zero-order valence-electron chi connectivity index (χ0n) is 11.5. The van der Waals surface area contributed by atoms with E-state index in [1.165, 1.54) is 11.3 Å². The van der Waals surface area contributed by atoms with Gasteiger partial charge in [0, 0.05) is 4.88 Å². The predicted molar refractivity (Wildman–Crippen MR) is 73.4 cm³/mol. The highest BCUT2D eigenvalue weighted by Crippen LogP contribution is 2.23. The Hall–Kier alpha value is -1.56. The number of carboxylic acid groups (broad SMARTS) is 1. The van der Waals surface area contributed by atoms with E-state index in [-0.39, 0.29) is 6.42 Å². The topological polar surface area (TPSA) is 75.6 Å². The lowest BCUT2D eigenvalue weighted by atomic mass is 10.1. The highest BCUT2D eigenvalue weighted by atomic mass is 32.1. The van der Waals surface area contributed by atoms with Crippen LogP contribution in [-0.2, 0) is 9.53 Å². The molecule has 1 aromatic rings. The van der Waals surface area contributed by atoms with E-state index in [9.17, 15) is 9.59 Å². The second kappa shape index (κ2) is 6.06. The first-order chi connectivity index (χ1) is 8.67. The lowest BCUT2D eigenvalue weighted by Crippen LogP contribution is -2.35. The third kappa shape index (κ3) is 5.74. The van der Waals surface area contributed by atoms with E-state index in [4.69, 9.17) is 9.84 Å². The van der Waals surface area contributed by atoms with Crippen LogP contribution in [0.2, 0.25) is 0 Å². The Labute approximate surface area is 116 Å². The SMILES string of the molecule is Cc1cc(C(CC(=O)O)NC(=O)OC(C)(C)C)cs1. The number of ether oxygens (including phenoxy) is 1. The highest BCUT2D eigenvalue weighted by molar-refractivity contribution is 7.10. The summed E-state index contributed by atoms with van der Waals surface area (Å²) in [6, 6.07) is 1.30. The number of thiophene rings is 1. The second-order valence-electron chi connectivity index (χ2n) is 5.29. The van der Waals surface area contributed by atoms with Crippen molar-refractivity contribution >= 4 is 23.4 Å². The first-order valence-electron chi connectivity index (χ1n) is 5.94. The number of alkyl carbamates (subject to hydrolysis) is 1. The van der Waals surface area contributed by atoms with Crippen LogP contribution in [0.5, 0.6) is 0 Å². The van der Waals surface area contributed by atoms with Crippen LogP contribution < -0.4 is 5.32 Å². The van der Waals surface area contributed by atoms with Gasteiger partial charge in [0.2, 0.25) is 0 Å². The summed E-state index contributed by atoms with van der Waals surface area (Å²) in [4.78, 5) is 23.6. The molecule has 1 aromatic heterocycles. The molecule has 0 saturated heterocycles. The average molecular weight is 285 g/mol. The molecule has 0 aliphatic rings. The number of hydrogen-bond donors (Lipinski definition) is 2. The summed E-state index contributed by atoms with van der Waals surface area (Å²) in [5.41, 5.74) is 0.179. The molecule has 1 unspecified atom stereocenters. The maximum absolute atomic E-state index is 11.7. The third-order valence-corrected chi connectivity index (χ3v) is 3.10. The Morgan fingerprint density at radius 3 is 2.53 bits per heavy atom. The van der Waals surface area contributed by atoms with Crippen molar-refractivity contribution in [1.82, 2.24) is 5.32 Å². The first kappa shape index (κ1) is 15.5. The molecule has 0 fully saturated rings. The third-order valence-electron chi connectivity index (χ3n) is 2.22. The fourth-order valence-corrected chi connectivity index (χ4v) is 2.28. The second-order valence-corrected chi connectivity index (χ2v) is 6.40. The minimum atomic E-state index is -0.968. The van der Waals surface area contributed by atoms with Crippen molar-refractivity contribution < 1.29 is 19.4 Å². The molecular formula is C13H19NO4S. The van der Waals surface area contributed by atoms with Gasteiger partial charge in [0.05, 0.1) is 12.5 Å². The van der Waals surface area contributed by atoms with E-state index in [0.29, 0.717) is 0 Å².